The topological polar surface area (TPSA) is 70.8 Å². The van der Waals surface area contributed by atoms with E-state index in [4.69, 9.17) is 43.1 Å². The van der Waals surface area contributed by atoms with Crippen molar-refractivity contribution >= 4 is 29.1 Å². The molecule has 2 aromatic rings. The summed E-state index contributed by atoms with van der Waals surface area (Å²) in [6, 6.07) is 9.97. The third-order valence-electron chi connectivity index (χ3n) is 2.96. The van der Waals surface area contributed by atoms with Gasteiger partial charge in [0.25, 0.3) is 5.91 Å². The monoisotopic (exact) mass is 355 g/mol. The molecule has 2 N–H and O–H groups in total. The smallest absolute Gasteiger partial charge is 0.252 e. The molecule has 0 aromatic heterocycles. The molecular formula is C16H15Cl2NO4. The van der Waals surface area contributed by atoms with E-state index in [9.17, 15) is 4.79 Å². The number of benzene rings is 2. The van der Waals surface area contributed by atoms with Crippen LogP contribution in [0.25, 0.3) is 0 Å². The van der Waals surface area contributed by atoms with Crippen LogP contribution >= 0.6 is 23.2 Å². The quantitative estimate of drug-likeness (QED) is 0.770. The average molecular weight is 356 g/mol. The zero-order chi connectivity index (χ0) is 16.8. The largest absolute Gasteiger partial charge is 0.493 e. The van der Waals surface area contributed by atoms with Gasteiger partial charge in [0.2, 0.25) is 0 Å². The fourth-order valence-corrected chi connectivity index (χ4v) is 2.43. The number of halogens is 2. The van der Waals surface area contributed by atoms with E-state index in [0.29, 0.717) is 21.5 Å². The van der Waals surface area contributed by atoms with Gasteiger partial charge in [-0.25, -0.2) is 0 Å². The number of amides is 1. The SMILES string of the molecule is COc1cccc(C(N)=O)c1OCCOc1c(Cl)cccc1Cl. The van der Waals surface area contributed by atoms with Gasteiger partial charge in [-0.15, -0.1) is 0 Å². The summed E-state index contributed by atoms with van der Waals surface area (Å²) < 4.78 is 16.3. The highest BCUT2D eigenvalue weighted by atomic mass is 35.5. The summed E-state index contributed by atoms with van der Waals surface area (Å²) in [6.45, 7) is 0.335. The lowest BCUT2D eigenvalue weighted by atomic mass is 10.2. The summed E-state index contributed by atoms with van der Waals surface area (Å²) in [6.07, 6.45) is 0. The first-order valence-electron chi connectivity index (χ1n) is 6.71. The first kappa shape index (κ1) is 17.2. The maximum absolute atomic E-state index is 11.5. The molecule has 23 heavy (non-hydrogen) atoms. The highest BCUT2D eigenvalue weighted by molar-refractivity contribution is 6.37. The van der Waals surface area contributed by atoms with Crippen LogP contribution in [-0.4, -0.2) is 26.2 Å². The fourth-order valence-electron chi connectivity index (χ4n) is 1.93. The number of hydrogen-bond donors (Lipinski definition) is 1. The Labute approximate surface area is 143 Å². The Balaban J connectivity index is 2.03. The van der Waals surface area contributed by atoms with E-state index in [-0.39, 0.29) is 24.5 Å². The van der Waals surface area contributed by atoms with E-state index in [0.717, 1.165) is 0 Å². The standard InChI is InChI=1S/C16H15Cl2NO4/c1-21-13-7-2-4-10(16(19)20)14(13)22-8-9-23-15-11(17)5-3-6-12(15)18/h2-7H,8-9H2,1H3,(H2,19,20). The molecule has 0 heterocycles. The van der Waals surface area contributed by atoms with Crippen molar-refractivity contribution in [1.82, 2.24) is 0 Å². The average Bonchev–Trinajstić information content (AvgIpc) is 2.53. The Morgan fingerprint density at radius 2 is 1.57 bits per heavy atom. The molecular weight excluding hydrogens is 341 g/mol. The molecule has 1 amide bonds. The van der Waals surface area contributed by atoms with E-state index < -0.39 is 5.91 Å². The number of para-hydroxylation sites is 2. The highest BCUT2D eigenvalue weighted by Crippen LogP contribution is 2.33. The van der Waals surface area contributed by atoms with Gasteiger partial charge < -0.3 is 19.9 Å². The van der Waals surface area contributed by atoms with Gasteiger partial charge in [0.05, 0.1) is 22.7 Å². The Morgan fingerprint density at radius 1 is 1.00 bits per heavy atom. The molecule has 122 valence electrons. The number of hydrogen-bond acceptors (Lipinski definition) is 4. The molecule has 0 radical (unpaired) electrons. The van der Waals surface area contributed by atoms with Gasteiger partial charge in [-0.1, -0.05) is 35.3 Å². The summed E-state index contributed by atoms with van der Waals surface area (Å²) in [4.78, 5) is 11.5. The number of nitrogens with two attached hydrogens (primary N) is 1. The van der Waals surface area contributed by atoms with Crippen molar-refractivity contribution in [3.05, 3.63) is 52.0 Å². The van der Waals surface area contributed by atoms with Gasteiger partial charge in [-0.3, -0.25) is 4.79 Å². The second kappa shape index (κ2) is 7.94. The molecule has 0 fully saturated rings. The Kier molecular flexibility index (Phi) is 5.96. The zero-order valence-corrected chi connectivity index (χ0v) is 13.9. The third-order valence-corrected chi connectivity index (χ3v) is 3.55. The van der Waals surface area contributed by atoms with Crippen LogP contribution in [0.1, 0.15) is 10.4 Å². The number of carbonyl (C=O) groups excluding carboxylic acids is 1. The molecule has 7 heteroatoms. The van der Waals surface area contributed by atoms with Crippen LogP contribution in [-0.2, 0) is 0 Å². The molecule has 0 spiro atoms. The normalized spacial score (nSPS) is 10.2. The second-order valence-electron chi connectivity index (χ2n) is 4.45. The molecule has 0 aliphatic carbocycles. The molecule has 0 aliphatic heterocycles. The second-order valence-corrected chi connectivity index (χ2v) is 5.26. The van der Waals surface area contributed by atoms with Crippen LogP contribution in [0.2, 0.25) is 10.0 Å². The molecule has 0 saturated heterocycles. The van der Waals surface area contributed by atoms with E-state index in [1.54, 1.807) is 36.4 Å². The van der Waals surface area contributed by atoms with Crippen molar-refractivity contribution < 1.29 is 19.0 Å². The number of ether oxygens (including phenoxy) is 3. The van der Waals surface area contributed by atoms with Crippen molar-refractivity contribution in [2.75, 3.05) is 20.3 Å². The van der Waals surface area contributed by atoms with Gasteiger partial charge in [0, 0.05) is 0 Å². The lowest BCUT2D eigenvalue weighted by Crippen LogP contribution is -2.16. The van der Waals surface area contributed by atoms with Crippen molar-refractivity contribution in [1.29, 1.82) is 0 Å². The molecule has 5 nitrogen and oxygen atoms in total. The van der Waals surface area contributed by atoms with Gasteiger partial charge in [-0.2, -0.15) is 0 Å². The minimum atomic E-state index is -0.603. The summed E-state index contributed by atoms with van der Waals surface area (Å²) in [5, 5.41) is 0.820. The van der Waals surface area contributed by atoms with Crippen LogP contribution in [0, 0.1) is 0 Å². The molecule has 2 rings (SSSR count). The Bertz CT molecular complexity index is 686. The van der Waals surface area contributed by atoms with Crippen LogP contribution in [0.5, 0.6) is 17.2 Å². The van der Waals surface area contributed by atoms with E-state index in [2.05, 4.69) is 0 Å². The Hall–Kier alpha value is -2.11. The summed E-state index contributed by atoms with van der Waals surface area (Å²) in [5.41, 5.74) is 5.57. The van der Waals surface area contributed by atoms with Gasteiger partial charge in [0.15, 0.2) is 17.2 Å². The number of methoxy groups -OCH3 is 1. The number of rotatable bonds is 7. The molecule has 2 aromatic carbocycles. The predicted octanol–water partition coefficient (Wildman–Crippen LogP) is 3.56. The Morgan fingerprint density at radius 3 is 2.13 bits per heavy atom. The van der Waals surface area contributed by atoms with Crippen molar-refractivity contribution in [2.45, 2.75) is 0 Å². The summed E-state index contributed by atoms with van der Waals surface area (Å²) in [5.74, 6) is 0.469. The minimum Gasteiger partial charge on any atom is -0.493 e. The van der Waals surface area contributed by atoms with E-state index in [1.165, 1.54) is 7.11 Å². The number of primary amides is 1. The van der Waals surface area contributed by atoms with Gasteiger partial charge in [0.1, 0.15) is 13.2 Å². The van der Waals surface area contributed by atoms with Crippen LogP contribution in [0.15, 0.2) is 36.4 Å². The highest BCUT2D eigenvalue weighted by Gasteiger charge is 2.15. The van der Waals surface area contributed by atoms with Crippen molar-refractivity contribution in [3.63, 3.8) is 0 Å². The van der Waals surface area contributed by atoms with Crippen LogP contribution in [0.3, 0.4) is 0 Å². The maximum Gasteiger partial charge on any atom is 0.252 e. The fraction of sp³-hybridized carbons (Fsp3) is 0.188. The first-order valence-corrected chi connectivity index (χ1v) is 7.46. The van der Waals surface area contributed by atoms with Crippen molar-refractivity contribution in [3.8, 4) is 17.2 Å². The molecule has 0 atom stereocenters. The van der Waals surface area contributed by atoms with E-state index in [1.807, 2.05) is 0 Å². The lowest BCUT2D eigenvalue weighted by molar-refractivity contribution is 0.0994. The molecule has 0 bridgehead atoms. The van der Waals surface area contributed by atoms with E-state index >= 15 is 0 Å². The first-order chi connectivity index (χ1) is 11.0. The van der Waals surface area contributed by atoms with Crippen LogP contribution in [0.4, 0.5) is 0 Å². The molecule has 0 unspecified atom stereocenters. The zero-order valence-electron chi connectivity index (χ0n) is 12.3. The van der Waals surface area contributed by atoms with Gasteiger partial charge >= 0.3 is 0 Å². The van der Waals surface area contributed by atoms with Gasteiger partial charge in [-0.05, 0) is 24.3 Å². The maximum atomic E-state index is 11.5. The molecule has 0 aliphatic rings. The van der Waals surface area contributed by atoms with Crippen LogP contribution < -0.4 is 19.9 Å². The number of carbonyl (C=O) groups is 1. The van der Waals surface area contributed by atoms with Crippen molar-refractivity contribution in [2.24, 2.45) is 5.73 Å². The summed E-state index contributed by atoms with van der Waals surface area (Å²) >= 11 is 12.0. The summed E-state index contributed by atoms with van der Waals surface area (Å²) in [7, 11) is 1.48. The molecule has 0 saturated carbocycles. The predicted molar refractivity (Wildman–Crippen MR) is 89.0 cm³/mol. The minimum absolute atomic E-state index is 0.155. The third kappa shape index (κ3) is 4.21. The lowest BCUT2D eigenvalue weighted by Gasteiger charge is -2.14.